The van der Waals surface area contributed by atoms with Crippen LogP contribution in [-0.2, 0) is 20.9 Å². The van der Waals surface area contributed by atoms with Crippen molar-refractivity contribution < 1.29 is 19.3 Å². The molecule has 0 spiro atoms. The van der Waals surface area contributed by atoms with Gasteiger partial charge in [0.15, 0.2) is 0 Å². The third-order valence-electron chi connectivity index (χ3n) is 2.70. The predicted octanol–water partition coefficient (Wildman–Crippen LogP) is 3.15. The lowest BCUT2D eigenvalue weighted by Gasteiger charge is -2.10. The maximum absolute atomic E-state index is 11.7. The van der Waals surface area contributed by atoms with E-state index in [1.54, 1.807) is 26.2 Å². The van der Waals surface area contributed by atoms with Crippen molar-refractivity contribution in [3.63, 3.8) is 0 Å². The van der Waals surface area contributed by atoms with E-state index in [1.807, 2.05) is 12.1 Å². The molecule has 1 atom stereocenters. The highest BCUT2D eigenvalue weighted by atomic mass is 17.2. The summed E-state index contributed by atoms with van der Waals surface area (Å²) in [4.78, 5) is 21.4. The molecule has 0 bridgehead atoms. The summed E-state index contributed by atoms with van der Waals surface area (Å²) in [6, 6.07) is 7.42. The average molecular weight is 266 g/mol. The molecule has 0 saturated carbocycles. The highest BCUT2D eigenvalue weighted by Crippen LogP contribution is 2.09. The Labute approximate surface area is 114 Å². The average Bonchev–Trinajstić information content (AvgIpc) is 2.43. The molecule has 4 nitrogen and oxygen atoms in total. The Kier molecular flexibility index (Phi) is 7.15. The zero-order valence-corrected chi connectivity index (χ0v) is 11.8. The minimum absolute atomic E-state index is 0.280. The Morgan fingerprint density at radius 1 is 1.26 bits per heavy atom. The lowest BCUT2D eigenvalue weighted by molar-refractivity contribution is -0.276. The molecule has 0 aliphatic heterocycles. The fourth-order valence-electron chi connectivity index (χ4n) is 1.62. The van der Waals surface area contributed by atoms with Gasteiger partial charge >= 0.3 is 5.97 Å². The van der Waals surface area contributed by atoms with Gasteiger partial charge in [0, 0.05) is 7.11 Å². The number of hydrogen-bond donors (Lipinski definition) is 0. The lowest BCUT2D eigenvalue weighted by Crippen LogP contribution is -2.18. The van der Waals surface area contributed by atoms with E-state index in [4.69, 9.17) is 14.5 Å². The molecule has 0 heterocycles. The second kappa shape index (κ2) is 8.67. The van der Waals surface area contributed by atoms with Crippen molar-refractivity contribution in [1.29, 1.82) is 0 Å². The fourth-order valence-corrected chi connectivity index (χ4v) is 1.62. The molecule has 1 unspecified atom stereocenters. The van der Waals surface area contributed by atoms with Crippen LogP contribution >= 0.6 is 0 Å². The molecule has 0 aromatic heterocycles. The first-order chi connectivity index (χ1) is 9.17. The molecule has 106 valence electrons. The van der Waals surface area contributed by atoms with Crippen molar-refractivity contribution in [2.75, 3.05) is 13.7 Å². The minimum atomic E-state index is -0.481. The van der Waals surface area contributed by atoms with Gasteiger partial charge in [-0.3, -0.25) is 4.89 Å². The molecule has 0 amide bonds. The summed E-state index contributed by atoms with van der Waals surface area (Å²) in [5.74, 6) is -0.481. The van der Waals surface area contributed by atoms with E-state index >= 15 is 0 Å². The number of unbranched alkanes of at least 4 members (excludes halogenated alkanes) is 1. The van der Waals surface area contributed by atoms with E-state index in [2.05, 4.69) is 6.92 Å². The normalized spacial score (nSPS) is 12.2. The molecule has 0 saturated heterocycles. The Balaban J connectivity index is 2.44. The summed E-state index contributed by atoms with van der Waals surface area (Å²) in [6.07, 6.45) is 3.07. The predicted molar refractivity (Wildman–Crippen MR) is 72.9 cm³/mol. The van der Waals surface area contributed by atoms with E-state index in [0.29, 0.717) is 12.2 Å². The van der Waals surface area contributed by atoms with Gasteiger partial charge in [0.25, 0.3) is 0 Å². The Morgan fingerprint density at radius 3 is 2.53 bits per heavy atom. The van der Waals surface area contributed by atoms with Gasteiger partial charge in [-0.05, 0) is 37.5 Å². The maximum Gasteiger partial charge on any atom is 0.373 e. The van der Waals surface area contributed by atoms with Gasteiger partial charge in [-0.1, -0.05) is 25.5 Å². The van der Waals surface area contributed by atoms with Crippen LogP contribution < -0.4 is 0 Å². The van der Waals surface area contributed by atoms with Crippen molar-refractivity contribution in [3.05, 3.63) is 35.4 Å². The lowest BCUT2D eigenvalue weighted by atomic mass is 10.1. The van der Waals surface area contributed by atoms with Crippen molar-refractivity contribution in [3.8, 4) is 0 Å². The Bertz CT molecular complexity index is 372. The number of methoxy groups -OCH3 is 1. The maximum atomic E-state index is 11.7. The summed E-state index contributed by atoms with van der Waals surface area (Å²) in [5.41, 5.74) is 1.72. The summed E-state index contributed by atoms with van der Waals surface area (Å²) < 4.78 is 4.88. The molecular formula is C15H22O4. The summed E-state index contributed by atoms with van der Waals surface area (Å²) in [5, 5.41) is 0. The summed E-state index contributed by atoms with van der Waals surface area (Å²) in [7, 11) is 1.57. The van der Waals surface area contributed by atoms with Crippen LogP contribution in [0, 0.1) is 0 Å². The monoisotopic (exact) mass is 266 g/mol. The Morgan fingerprint density at radius 2 is 1.95 bits per heavy atom. The zero-order valence-electron chi connectivity index (χ0n) is 11.8. The van der Waals surface area contributed by atoms with Gasteiger partial charge < -0.3 is 4.74 Å². The first-order valence-electron chi connectivity index (χ1n) is 6.63. The van der Waals surface area contributed by atoms with Gasteiger partial charge in [0.05, 0.1) is 12.2 Å². The first-order valence-corrected chi connectivity index (χ1v) is 6.63. The molecule has 19 heavy (non-hydrogen) atoms. The molecule has 0 N–H and O–H groups in total. The van der Waals surface area contributed by atoms with Gasteiger partial charge in [0.1, 0.15) is 6.10 Å². The smallest absolute Gasteiger partial charge is 0.373 e. The van der Waals surface area contributed by atoms with Gasteiger partial charge in [-0.15, -0.1) is 0 Å². The van der Waals surface area contributed by atoms with Crippen molar-refractivity contribution >= 4 is 5.97 Å². The largest absolute Gasteiger partial charge is 0.382 e. The highest BCUT2D eigenvalue weighted by molar-refractivity contribution is 5.88. The van der Waals surface area contributed by atoms with Crippen molar-refractivity contribution in [1.82, 2.24) is 0 Å². The molecular weight excluding hydrogens is 244 g/mol. The second-order valence-electron chi connectivity index (χ2n) is 4.53. The van der Waals surface area contributed by atoms with Crippen LogP contribution in [0.15, 0.2) is 24.3 Å². The zero-order chi connectivity index (χ0) is 14.1. The number of rotatable bonds is 8. The number of hydrogen-bond acceptors (Lipinski definition) is 4. The third kappa shape index (κ3) is 5.85. The van der Waals surface area contributed by atoms with Crippen LogP contribution in [0.3, 0.4) is 0 Å². The van der Waals surface area contributed by atoms with E-state index in [9.17, 15) is 4.79 Å². The molecule has 0 aliphatic carbocycles. The van der Waals surface area contributed by atoms with E-state index < -0.39 is 5.97 Å². The van der Waals surface area contributed by atoms with Crippen LogP contribution in [0.4, 0.5) is 0 Å². The number of aryl methyl sites for hydroxylation is 1. The fraction of sp³-hybridized carbons (Fsp3) is 0.533. The molecule has 0 radical (unpaired) electrons. The second-order valence-corrected chi connectivity index (χ2v) is 4.53. The molecule has 0 aliphatic rings. The van der Waals surface area contributed by atoms with Crippen LogP contribution in [0.2, 0.25) is 0 Å². The molecule has 0 fully saturated rings. The number of carbonyl (C=O) groups excluding carboxylic acids is 1. The number of benzene rings is 1. The standard InChI is InChI=1S/C15H22O4/c1-4-5-6-13-7-9-14(10-8-13)15(16)19-18-12(2)11-17-3/h7-10,12H,4-6,11H2,1-3H3. The van der Waals surface area contributed by atoms with Gasteiger partial charge in [0.2, 0.25) is 0 Å². The number of carbonyl (C=O) groups is 1. The third-order valence-corrected chi connectivity index (χ3v) is 2.70. The topological polar surface area (TPSA) is 44.8 Å². The molecule has 1 rings (SSSR count). The van der Waals surface area contributed by atoms with E-state index in [-0.39, 0.29) is 6.10 Å². The van der Waals surface area contributed by atoms with E-state index in [1.165, 1.54) is 5.56 Å². The highest BCUT2D eigenvalue weighted by Gasteiger charge is 2.11. The molecule has 1 aromatic carbocycles. The minimum Gasteiger partial charge on any atom is -0.382 e. The van der Waals surface area contributed by atoms with Gasteiger partial charge in [-0.2, -0.15) is 4.89 Å². The molecule has 1 aromatic rings. The van der Waals surface area contributed by atoms with Crippen LogP contribution in [0.25, 0.3) is 0 Å². The van der Waals surface area contributed by atoms with E-state index in [0.717, 1.165) is 19.3 Å². The Hall–Kier alpha value is -1.39. The molecule has 4 heteroatoms. The first kappa shape index (κ1) is 15.7. The SMILES string of the molecule is CCCCc1ccc(C(=O)OOC(C)COC)cc1. The van der Waals surface area contributed by atoms with Crippen molar-refractivity contribution in [2.45, 2.75) is 39.2 Å². The van der Waals surface area contributed by atoms with Crippen LogP contribution in [0.1, 0.15) is 42.6 Å². The van der Waals surface area contributed by atoms with Crippen LogP contribution in [0.5, 0.6) is 0 Å². The van der Waals surface area contributed by atoms with Gasteiger partial charge in [-0.25, -0.2) is 4.79 Å². The quantitative estimate of drug-likeness (QED) is 0.535. The van der Waals surface area contributed by atoms with Crippen molar-refractivity contribution in [2.24, 2.45) is 0 Å². The summed E-state index contributed by atoms with van der Waals surface area (Å²) >= 11 is 0. The van der Waals surface area contributed by atoms with Crippen LogP contribution in [-0.4, -0.2) is 25.8 Å². The summed E-state index contributed by atoms with van der Waals surface area (Å²) in [6.45, 7) is 4.30. The number of ether oxygens (including phenoxy) is 1.